The molecule has 0 aromatic rings. The SMILES string of the molecule is CC#C[C@@H](C)[C@@H](O)CC(C)C. The summed E-state index contributed by atoms with van der Waals surface area (Å²) in [6.45, 7) is 7.98. The minimum absolute atomic E-state index is 0.113. The third-order valence-electron chi connectivity index (χ3n) is 1.66. The first kappa shape index (κ1) is 10.5. The lowest BCUT2D eigenvalue weighted by Gasteiger charge is -2.15. The van der Waals surface area contributed by atoms with Crippen molar-refractivity contribution in [3.63, 3.8) is 0 Å². The summed E-state index contributed by atoms with van der Waals surface area (Å²) in [7, 11) is 0. The van der Waals surface area contributed by atoms with E-state index in [-0.39, 0.29) is 12.0 Å². The Hall–Kier alpha value is -0.480. The summed E-state index contributed by atoms with van der Waals surface area (Å²) in [6, 6.07) is 0. The Kier molecular flexibility index (Phi) is 4.98. The molecule has 0 aliphatic rings. The van der Waals surface area contributed by atoms with Crippen LogP contribution < -0.4 is 0 Å². The monoisotopic (exact) mass is 154 g/mol. The van der Waals surface area contributed by atoms with Crippen molar-refractivity contribution >= 4 is 0 Å². The molecule has 1 heteroatoms. The predicted octanol–water partition coefficient (Wildman–Crippen LogP) is 2.05. The fraction of sp³-hybridized carbons (Fsp3) is 0.800. The van der Waals surface area contributed by atoms with Crippen molar-refractivity contribution in [2.24, 2.45) is 11.8 Å². The highest BCUT2D eigenvalue weighted by Crippen LogP contribution is 2.11. The average molecular weight is 154 g/mol. The van der Waals surface area contributed by atoms with Gasteiger partial charge in [-0.3, -0.25) is 0 Å². The topological polar surface area (TPSA) is 20.2 Å². The second-order valence-electron chi connectivity index (χ2n) is 3.38. The number of aliphatic hydroxyl groups excluding tert-OH is 1. The van der Waals surface area contributed by atoms with E-state index in [1.807, 2.05) is 6.92 Å². The summed E-state index contributed by atoms with van der Waals surface area (Å²) in [4.78, 5) is 0. The molecule has 0 saturated heterocycles. The molecule has 0 aliphatic carbocycles. The second-order valence-corrected chi connectivity index (χ2v) is 3.38. The third-order valence-corrected chi connectivity index (χ3v) is 1.66. The fourth-order valence-corrected chi connectivity index (χ4v) is 1.01. The van der Waals surface area contributed by atoms with Crippen LogP contribution in [0.1, 0.15) is 34.1 Å². The van der Waals surface area contributed by atoms with Gasteiger partial charge < -0.3 is 5.11 Å². The molecule has 64 valence electrons. The first-order valence-electron chi connectivity index (χ1n) is 4.18. The molecule has 0 amide bonds. The minimum atomic E-state index is -0.262. The molecule has 11 heavy (non-hydrogen) atoms. The van der Waals surface area contributed by atoms with Gasteiger partial charge in [-0.05, 0) is 26.2 Å². The Morgan fingerprint density at radius 3 is 2.18 bits per heavy atom. The molecular formula is C10H18O. The van der Waals surface area contributed by atoms with Crippen molar-refractivity contribution in [1.29, 1.82) is 0 Å². The van der Waals surface area contributed by atoms with Crippen LogP contribution in [0.3, 0.4) is 0 Å². The van der Waals surface area contributed by atoms with E-state index in [9.17, 15) is 5.11 Å². The molecule has 0 radical (unpaired) electrons. The number of hydrogen-bond acceptors (Lipinski definition) is 1. The zero-order chi connectivity index (χ0) is 8.85. The average Bonchev–Trinajstić information content (AvgIpc) is 1.86. The Bertz CT molecular complexity index is 150. The van der Waals surface area contributed by atoms with Crippen LogP contribution in [-0.2, 0) is 0 Å². The molecule has 1 N–H and O–H groups in total. The van der Waals surface area contributed by atoms with Crippen LogP contribution in [0.2, 0.25) is 0 Å². The van der Waals surface area contributed by atoms with Gasteiger partial charge in [-0.2, -0.15) is 0 Å². The first-order valence-corrected chi connectivity index (χ1v) is 4.18. The van der Waals surface area contributed by atoms with Crippen molar-refractivity contribution in [3.05, 3.63) is 0 Å². The van der Waals surface area contributed by atoms with E-state index in [4.69, 9.17) is 0 Å². The van der Waals surface area contributed by atoms with Gasteiger partial charge in [-0.1, -0.05) is 19.8 Å². The van der Waals surface area contributed by atoms with Crippen LogP contribution in [0.15, 0.2) is 0 Å². The quantitative estimate of drug-likeness (QED) is 0.617. The Morgan fingerprint density at radius 2 is 1.82 bits per heavy atom. The number of hydrogen-bond donors (Lipinski definition) is 1. The van der Waals surface area contributed by atoms with E-state index in [1.165, 1.54) is 0 Å². The highest BCUT2D eigenvalue weighted by Gasteiger charge is 2.12. The summed E-state index contributed by atoms with van der Waals surface area (Å²) in [5.41, 5.74) is 0. The molecule has 0 bridgehead atoms. The molecule has 0 unspecified atom stereocenters. The Labute approximate surface area is 69.8 Å². The Morgan fingerprint density at radius 1 is 1.27 bits per heavy atom. The third kappa shape index (κ3) is 4.86. The van der Waals surface area contributed by atoms with Gasteiger partial charge in [-0.15, -0.1) is 5.92 Å². The molecule has 0 rings (SSSR count). The van der Waals surface area contributed by atoms with E-state index in [0.717, 1.165) is 6.42 Å². The van der Waals surface area contributed by atoms with Crippen LogP contribution >= 0.6 is 0 Å². The highest BCUT2D eigenvalue weighted by molar-refractivity contribution is 5.01. The molecule has 0 fully saturated rings. The molecule has 0 aromatic heterocycles. The van der Waals surface area contributed by atoms with Crippen LogP contribution in [0.5, 0.6) is 0 Å². The zero-order valence-corrected chi connectivity index (χ0v) is 7.89. The van der Waals surface area contributed by atoms with Gasteiger partial charge in [0.25, 0.3) is 0 Å². The summed E-state index contributed by atoms with van der Waals surface area (Å²) < 4.78 is 0. The smallest absolute Gasteiger partial charge is 0.0677 e. The standard InChI is InChI=1S/C10H18O/c1-5-6-9(4)10(11)7-8(2)3/h8-11H,7H2,1-4H3/t9-,10+/m1/s1. The molecule has 2 atom stereocenters. The number of aliphatic hydroxyl groups is 1. The minimum Gasteiger partial charge on any atom is -0.392 e. The summed E-state index contributed by atoms with van der Waals surface area (Å²) in [6.07, 6.45) is 0.581. The summed E-state index contributed by atoms with van der Waals surface area (Å²) >= 11 is 0. The second kappa shape index (κ2) is 5.21. The van der Waals surface area contributed by atoms with E-state index < -0.39 is 0 Å². The lowest BCUT2D eigenvalue weighted by Crippen LogP contribution is -2.18. The van der Waals surface area contributed by atoms with Crippen molar-refractivity contribution < 1.29 is 5.11 Å². The van der Waals surface area contributed by atoms with E-state index in [0.29, 0.717) is 5.92 Å². The maximum Gasteiger partial charge on any atom is 0.0677 e. The summed E-state index contributed by atoms with van der Waals surface area (Å²) in [5, 5.41) is 9.52. The van der Waals surface area contributed by atoms with Crippen LogP contribution in [-0.4, -0.2) is 11.2 Å². The fourth-order valence-electron chi connectivity index (χ4n) is 1.01. The maximum atomic E-state index is 9.52. The maximum absolute atomic E-state index is 9.52. The van der Waals surface area contributed by atoms with E-state index in [1.54, 1.807) is 6.92 Å². The van der Waals surface area contributed by atoms with E-state index >= 15 is 0 Å². The van der Waals surface area contributed by atoms with Gasteiger partial charge in [0.05, 0.1) is 6.10 Å². The van der Waals surface area contributed by atoms with E-state index in [2.05, 4.69) is 25.7 Å². The molecule has 0 aromatic carbocycles. The van der Waals surface area contributed by atoms with Crippen molar-refractivity contribution in [1.82, 2.24) is 0 Å². The van der Waals surface area contributed by atoms with Crippen molar-refractivity contribution in [3.8, 4) is 11.8 Å². The van der Waals surface area contributed by atoms with Crippen molar-refractivity contribution in [2.45, 2.75) is 40.2 Å². The molecule has 1 nitrogen and oxygen atoms in total. The lowest BCUT2D eigenvalue weighted by atomic mass is 9.96. The largest absolute Gasteiger partial charge is 0.392 e. The van der Waals surface area contributed by atoms with Gasteiger partial charge in [0, 0.05) is 5.92 Å². The van der Waals surface area contributed by atoms with Gasteiger partial charge in [-0.25, -0.2) is 0 Å². The number of rotatable bonds is 3. The first-order chi connectivity index (χ1) is 5.07. The molecule has 0 spiro atoms. The molecule has 0 aliphatic heterocycles. The highest BCUT2D eigenvalue weighted by atomic mass is 16.3. The zero-order valence-electron chi connectivity index (χ0n) is 7.89. The molecule has 0 saturated carbocycles. The van der Waals surface area contributed by atoms with Crippen LogP contribution in [0.4, 0.5) is 0 Å². The molecule has 0 heterocycles. The van der Waals surface area contributed by atoms with Gasteiger partial charge in [0.15, 0.2) is 0 Å². The van der Waals surface area contributed by atoms with Gasteiger partial charge >= 0.3 is 0 Å². The molecular weight excluding hydrogens is 136 g/mol. The lowest BCUT2D eigenvalue weighted by molar-refractivity contribution is 0.118. The van der Waals surface area contributed by atoms with Crippen LogP contribution in [0.25, 0.3) is 0 Å². The Balaban J connectivity index is 3.79. The normalized spacial score (nSPS) is 15.5. The van der Waals surface area contributed by atoms with Crippen molar-refractivity contribution in [2.75, 3.05) is 0 Å². The predicted molar refractivity (Wildman–Crippen MR) is 48.1 cm³/mol. The van der Waals surface area contributed by atoms with Gasteiger partial charge in [0.2, 0.25) is 0 Å². The van der Waals surface area contributed by atoms with Gasteiger partial charge in [0.1, 0.15) is 0 Å². The van der Waals surface area contributed by atoms with Crippen LogP contribution in [0, 0.1) is 23.7 Å². The summed E-state index contributed by atoms with van der Waals surface area (Å²) in [5.74, 6) is 6.42.